The molecule has 1 unspecified atom stereocenters. The van der Waals surface area contributed by atoms with E-state index >= 15 is 0 Å². The number of fused-ring (bicyclic) bond motifs is 1. The van der Waals surface area contributed by atoms with E-state index in [0.717, 1.165) is 32.6 Å². The third kappa shape index (κ3) is 2.66. The number of rotatable bonds is 1. The molecule has 0 spiro atoms. The van der Waals surface area contributed by atoms with Crippen molar-refractivity contribution in [3.63, 3.8) is 0 Å². The minimum atomic E-state index is 0. The predicted molar refractivity (Wildman–Crippen MR) is 76.5 cm³/mol. The van der Waals surface area contributed by atoms with Crippen molar-refractivity contribution >= 4 is 30.1 Å². The summed E-state index contributed by atoms with van der Waals surface area (Å²) in [5.74, 6) is 0.313. The highest BCUT2D eigenvalue weighted by Gasteiger charge is 2.31. The normalized spacial score (nSPS) is 22.2. The zero-order valence-corrected chi connectivity index (χ0v) is 11.7. The summed E-state index contributed by atoms with van der Waals surface area (Å²) in [7, 11) is 0. The molecule has 98 valence electrons. The largest absolute Gasteiger partial charge is 0.339 e. The predicted octanol–water partition coefficient (Wildman–Crippen LogP) is 1.56. The molecular weight excluding hydrogens is 268 g/mol. The maximum absolute atomic E-state index is 12.3. The molecule has 2 aliphatic rings. The molecule has 1 fully saturated rings. The van der Waals surface area contributed by atoms with Crippen molar-refractivity contribution < 1.29 is 4.79 Å². The monoisotopic (exact) mass is 284 g/mol. The highest BCUT2D eigenvalue weighted by Crippen LogP contribution is 2.37. The van der Waals surface area contributed by atoms with Gasteiger partial charge in [0.05, 0.1) is 5.25 Å². The Labute approximate surface area is 118 Å². The number of benzene rings is 1. The Bertz CT molecular complexity index is 410. The molecular formula is C13H17ClN2OS. The van der Waals surface area contributed by atoms with Gasteiger partial charge in [0, 0.05) is 31.1 Å². The zero-order chi connectivity index (χ0) is 11.7. The summed E-state index contributed by atoms with van der Waals surface area (Å²) in [5, 5.41) is 3.38. The Hall–Kier alpha value is -0.710. The van der Waals surface area contributed by atoms with Gasteiger partial charge < -0.3 is 10.2 Å². The Kier molecular flexibility index (Phi) is 4.54. The molecule has 1 N–H and O–H groups in total. The quantitative estimate of drug-likeness (QED) is 0.849. The Morgan fingerprint density at radius 3 is 2.72 bits per heavy atom. The van der Waals surface area contributed by atoms with Gasteiger partial charge in [0.1, 0.15) is 0 Å². The van der Waals surface area contributed by atoms with Crippen LogP contribution in [0.15, 0.2) is 29.2 Å². The van der Waals surface area contributed by atoms with Crippen molar-refractivity contribution in [1.29, 1.82) is 0 Å². The maximum atomic E-state index is 12.3. The third-order valence-electron chi connectivity index (χ3n) is 3.35. The molecule has 2 aliphatic heterocycles. The molecule has 0 saturated carbocycles. The van der Waals surface area contributed by atoms with Crippen molar-refractivity contribution in [3.05, 3.63) is 29.8 Å². The molecule has 5 heteroatoms. The Morgan fingerprint density at radius 2 is 2.00 bits per heavy atom. The topological polar surface area (TPSA) is 32.3 Å². The number of halogens is 1. The van der Waals surface area contributed by atoms with E-state index in [0.29, 0.717) is 5.91 Å². The number of nitrogens with zero attached hydrogens (tertiary/aromatic N) is 1. The van der Waals surface area contributed by atoms with E-state index in [4.69, 9.17) is 0 Å². The fourth-order valence-corrected chi connectivity index (χ4v) is 3.69. The van der Waals surface area contributed by atoms with Crippen LogP contribution in [0.3, 0.4) is 0 Å². The van der Waals surface area contributed by atoms with Crippen LogP contribution in [0, 0.1) is 0 Å². The van der Waals surface area contributed by atoms with E-state index in [1.165, 1.54) is 10.5 Å². The lowest BCUT2D eigenvalue weighted by atomic mass is 10.1. The van der Waals surface area contributed by atoms with Gasteiger partial charge >= 0.3 is 0 Å². The molecule has 2 heterocycles. The van der Waals surface area contributed by atoms with Gasteiger partial charge in [0.2, 0.25) is 5.91 Å². The molecule has 0 aliphatic carbocycles. The smallest absolute Gasteiger partial charge is 0.236 e. The van der Waals surface area contributed by atoms with Crippen LogP contribution < -0.4 is 5.32 Å². The second-order valence-corrected chi connectivity index (χ2v) is 5.74. The molecule has 3 rings (SSSR count). The minimum absolute atomic E-state index is 0. The average Bonchev–Trinajstić information content (AvgIpc) is 2.82. The second kappa shape index (κ2) is 5.95. The number of nitrogens with one attached hydrogen (secondary N) is 1. The van der Waals surface area contributed by atoms with Crippen molar-refractivity contribution in [2.45, 2.75) is 16.6 Å². The molecule has 0 bridgehead atoms. The maximum Gasteiger partial charge on any atom is 0.236 e. The van der Waals surface area contributed by atoms with Crippen LogP contribution in [0.25, 0.3) is 0 Å². The van der Waals surface area contributed by atoms with Crippen LogP contribution in [-0.2, 0) is 11.2 Å². The van der Waals surface area contributed by atoms with Gasteiger partial charge in [-0.3, -0.25) is 4.79 Å². The number of carbonyl (C=O) groups is 1. The lowest BCUT2D eigenvalue weighted by molar-refractivity contribution is -0.131. The van der Waals surface area contributed by atoms with Crippen molar-refractivity contribution in [2.24, 2.45) is 0 Å². The summed E-state index contributed by atoms with van der Waals surface area (Å²) in [6.07, 6.45) is 0.892. The van der Waals surface area contributed by atoms with Crippen molar-refractivity contribution in [2.75, 3.05) is 26.2 Å². The molecule has 1 saturated heterocycles. The van der Waals surface area contributed by atoms with E-state index in [1.54, 1.807) is 11.8 Å². The summed E-state index contributed by atoms with van der Waals surface area (Å²) < 4.78 is 0. The highest BCUT2D eigenvalue weighted by atomic mass is 35.5. The first-order valence-corrected chi connectivity index (χ1v) is 6.96. The SMILES string of the molecule is Cl.O=C(C1Cc2ccccc2S1)N1CCNCC1. The number of piperazine rings is 1. The first-order valence-electron chi connectivity index (χ1n) is 6.08. The first-order chi connectivity index (χ1) is 8.34. The second-order valence-electron chi connectivity index (χ2n) is 4.49. The summed E-state index contributed by atoms with van der Waals surface area (Å²) in [5.41, 5.74) is 1.32. The van der Waals surface area contributed by atoms with E-state index < -0.39 is 0 Å². The average molecular weight is 285 g/mol. The molecule has 1 aromatic rings. The fraction of sp³-hybridized carbons (Fsp3) is 0.462. The van der Waals surface area contributed by atoms with Crippen LogP contribution in [-0.4, -0.2) is 42.2 Å². The van der Waals surface area contributed by atoms with Gasteiger partial charge in [-0.15, -0.1) is 24.2 Å². The van der Waals surface area contributed by atoms with Crippen LogP contribution in [0.5, 0.6) is 0 Å². The zero-order valence-electron chi connectivity index (χ0n) is 10.1. The van der Waals surface area contributed by atoms with E-state index in [-0.39, 0.29) is 17.7 Å². The van der Waals surface area contributed by atoms with Gasteiger partial charge in [0.15, 0.2) is 0 Å². The molecule has 0 aromatic heterocycles. The van der Waals surface area contributed by atoms with Gasteiger partial charge in [-0.05, 0) is 18.1 Å². The summed E-state index contributed by atoms with van der Waals surface area (Å²) in [6.45, 7) is 3.56. The molecule has 3 nitrogen and oxygen atoms in total. The molecule has 1 atom stereocenters. The van der Waals surface area contributed by atoms with E-state index in [1.807, 2.05) is 11.0 Å². The van der Waals surface area contributed by atoms with Crippen LogP contribution in [0.4, 0.5) is 0 Å². The van der Waals surface area contributed by atoms with E-state index in [9.17, 15) is 4.79 Å². The van der Waals surface area contributed by atoms with Gasteiger partial charge in [-0.25, -0.2) is 0 Å². The van der Waals surface area contributed by atoms with Crippen LogP contribution in [0.1, 0.15) is 5.56 Å². The van der Waals surface area contributed by atoms with E-state index in [2.05, 4.69) is 23.5 Å². The van der Waals surface area contributed by atoms with Crippen molar-refractivity contribution in [3.8, 4) is 0 Å². The number of amides is 1. The number of hydrogen-bond acceptors (Lipinski definition) is 3. The minimum Gasteiger partial charge on any atom is -0.339 e. The lowest BCUT2D eigenvalue weighted by Gasteiger charge is -2.29. The van der Waals surface area contributed by atoms with Crippen molar-refractivity contribution in [1.82, 2.24) is 10.2 Å². The summed E-state index contributed by atoms with van der Waals surface area (Å²) >= 11 is 1.73. The number of hydrogen-bond donors (Lipinski definition) is 1. The first kappa shape index (κ1) is 13.7. The lowest BCUT2D eigenvalue weighted by Crippen LogP contribution is -2.49. The molecule has 1 amide bonds. The third-order valence-corrected chi connectivity index (χ3v) is 4.66. The van der Waals surface area contributed by atoms with Gasteiger partial charge in [0.25, 0.3) is 0 Å². The molecule has 1 aromatic carbocycles. The number of carbonyl (C=O) groups excluding carboxylic acids is 1. The fourth-order valence-electron chi connectivity index (χ4n) is 2.41. The number of thioether (sulfide) groups is 1. The summed E-state index contributed by atoms with van der Waals surface area (Å²) in [6, 6.07) is 8.35. The van der Waals surface area contributed by atoms with Gasteiger partial charge in [-0.2, -0.15) is 0 Å². The highest BCUT2D eigenvalue weighted by molar-refractivity contribution is 8.01. The Morgan fingerprint density at radius 1 is 1.28 bits per heavy atom. The molecule has 18 heavy (non-hydrogen) atoms. The van der Waals surface area contributed by atoms with Crippen LogP contribution in [0.2, 0.25) is 0 Å². The molecule has 0 radical (unpaired) electrons. The van der Waals surface area contributed by atoms with Gasteiger partial charge in [-0.1, -0.05) is 18.2 Å². The van der Waals surface area contributed by atoms with Crippen LogP contribution >= 0.6 is 24.2 Å². The Balaban J connectivity index is 0.00000120. The standard InChI is InChI=1S/C13H16N2OS.ClH/c16-13(15-7-5-14-6-8-15)12-9-10-3-1-2-4-11(10)17-12;/h1-4,12,14H,5-9H2;1H. The summed E-state index contributed by atoms with van der Waals surface area (Å²) in [4.78, 5) is 15.6.